The Kier molecular flexibility index (Phi) is 4.77. The number of piperidine rings is 1. The highest BCUT2D eigenvalue weighted by molar-refractivity contribution is 5.37. The average molecular weight is 266 g/mol. The second-order valence-corrected chi connectivity index (χ2v) is 5.15. The number of rotatable bonds is 4. The highest BCUT2D eigenvalue weighted by Crippen LogP contribution is 2.34. The topological polar surface area (TPSA) is 38.5 Å². The van der Waals surface area contributed by atoms with E-state index in [0.29, 0.717) is 23.9 Å². The number of methoxy groups -OCH3 is 1. The van der Waals surface area contributed by atoms with Crippen molar-refractivity contribution in [2.24, 2.45) is 5.73 Å². The fourth-order valence-corrected chi connectivity index (χ4v) is 3.05. The molecule has 1 aliphatic rings. The molecule has 0 aromatic heterocycles. The molecule has 0 radical (unpaired) electrons. The van der Waals surface area contributed by atoms with Gasteiger partial charge in [0.1, 0.15) is 11.6 Å². The molecular formula is C15H23FN2O. The van der Waals surface area contributed by atoms with Gasteiger partial charge in [-0.1, -0.05) is 12.5 Å². The average Bonchev–Trinajstić information content (AvgIpc) is 2.46. The number of halogens is 1. The molecule has 0 bridgehead atoms. The number of nitrogens with two attached hydrogens (primary N) is 1. The quantitative estimate of drug-likeness (QED) is 0.910. The third kappa shape index (κ3) is 2.90. The molecular weight excluding hydrogens is 243 g/mol. The molecule has 1 aliphatic heterocycles. The first-order chi connectivity index (χ1) is 9.19. The van der Waals surface area contributed by atoms with Crippen LogP contribution in [0.4, 0.5) is 4.39 Å². The van der Waals surface area contributed by atoms with Crippen LogP contribution in [0.3, 0.4) is 0 Å². The van der Waals surface area contributed by atoms with Gasteiger partial charge in [-0.05, 0) is 38.4 Å². The van der Waals surface area contributed by atoms with Crippen LogP contribution >= 0.6 is 0 Å². The van der Waals surface area contributed by atoms with Crippen molar-refractivity contribution >= 4 is 0 Å². The van der Waals surface area contributed by atoms with Gasteiger partial charge in [-0.25, -0.2) is 4.39 Å². The molecule has 1 aromatic carbocycles. The number of hydrogen-bond acceptors (Lipinski definition) is 3. The van der Waals surface area contributed by atoms with Crippen LogP contribution in [-0.2, 0) is 0 Å². The predicted octanol–water partition coefficient (Wildman–Crippen LogP) is 2.71. The first-order valence-corrected chi connectivity index (χ1v) is 6.97. The lowest BCUT2D eigenvalue weighted by Gasteiger charge is -2.39. The van der Waals surface area contributed by atoms with E-state index in [9.17, 15) is 4.39 Å². The largest absolute Gasteiger partial charge is 0.496 e. The maximum absolute atomic E-state index is 14.1. The van der Waals surface area contributed by atoms with Gasteiger partial charge in [0.05, 0.1) is 7.11 Å². The molecule has 2 unspecified atom stereocenters. The number of nitrogens with zero attached hydrogens (tertiary/aromatic N) is 1. The molecule has 0 amide bonds. The third-order valence-electron chi connectivity index (χ3n) is 4.09. The normalized spacial score (nSPS) is 22.2. The van der Waals surface area contributed by atoms with Crippen molar-refractivity contribution in [3.63, 3.8) is 0 Å². The molecule has 106 valence electrons. The summed E-state index contributed by atoms with van der Waals surface area (Å²) < 4.78 is 19.4. The van der Waals surface area contributed by atoms with Crippen LogP contribution in [0.2, 0.25) is 0 Å². The zero-order valence-corrected chi connectivity index (χ0v) is 11.7. The molecule has 2 rings (SSSR count). The van der Waals surface area contributed by atoms with E-state index in [-0.39, 0.29) is 11.9 Å². The molecule has 0 aliphatic carbocycles. The fraction of sp³-hybridized carbons (Fsp3) is 0.600. The molecule has 2 atom stereocenters. The van der Waals surface area contributed by atoms with Crippen molar-refractivity contribution < 1.29 is 9.13 Å². The summed E-state index contributed by atoms with van der Waals surface area (Å²) >= 11 is 0. The van der Waals surface area contributed by atoms with Crippen LogP contribution in [0.5, 0.6) is 5.75 Å². The SMILES string of the molecule is COc1cccc(F)c1C(C)N1CCCCC1CN. The Morgan fingerprint density at radius 3 is 2.95 bits per heavy atom. The highest BCUT2D eigenvalue weighted by Gasteiger charge is 2.29. The number of ether oxygens (including phenoxy) is 1. The molecule has 1 fully saturated rings. The van der Waals surface area contributed by atoms with Gasteiger partial charge in [0, 0.05) is 24.2 Å². The minimum absolute atomic E-state index is 0.00926. The molecule has 1 heterocycles. The van der Waals surface area contributed by atoms with E-state index in [4.69, 9.17) is 10.5 Å². The summed E-state index contributed by atoms with van der Waals surface area (Å²) in [5.74, 6) is 0.419. The zero-order valence-electron chi connectivity index (χ0n) is 11.7. The van der Waals surface area contributed by atoms with Crippen molar-refractivity contribution in [2.45, 2.75) is 38.3 Å². The smallest absolute Gasteiger partial charge is 0.131 e. The summed E-state index contributed by atoms with van der Waals surface area (Å²) in [6.07, 6.45) is 3.45. The Labute approximate surface area is 114 Å². The Morgan fingerprint density at radius 2 is 2.26 bits per heavy atom. The zero-order chi connectivity index (χ0) is 13.8. The maximum atomic E-state index is 14.1. The van der Waals surface area contributed by atoms with Crippen molar-refractivity contribution in [3.8, 4) is 5.75 Å². The van der Waals surface area contributed by atoms with E-state index in [2.05, 4.69) is 4.90 Å². The molecule has 4 heteroatoms. The monoisotopic (exact) mass is 266 g/mol. The van der Waals surface area contributed by atoms with Crippen molar-refractivity contribution in [1.82, 2.24) is 4.90 Å². The molecule has 0 spiro atoms. The molecule has 19 heavy (non-hydrogen) atoms. The number of benzene rings is 1. The van der Waals surface area contributed by atoms with Crippen molar-refractivity contribution in [2.75, 3.05) is 20.2 Å². The number of hydrogen-bond donors (Lipinski definition) is 1. The summed E-state index contributed by atoms with van der Waals surface area (Å²) in [6.45, 7) is 3.64. The van der Waals surface area contributed by atoms with E-state index in [1.165, 1.54) is 12.5 Å². The second kappa shape index (κ2) is 6.35. The van der Waals surface area contributed by atoms with Gasteiger partial charge < -0.3 is 10.5 Å². The van der Waals surface area contributed by atoms with Crippen LogP contribution in [0.25, 0.3) is 0 Å². The molecule has 0 saturated carbocycles. The van der Waals surface area contributed by atoms with Gasteiger partial charge in [-0.15, -0.1) is 0 Å². The van der Waals surface area contributed by atoms with Crippen molar-refractivity contribution in [1.29, 1.82) is 0 Å². The van der Waals surface area contributed by atoms with Crippen molar-refractivity contribution in [3.05, 3.63) is 29.6 Å². The fourth-order valence-electron chi connectivity index (χ4n) is 3.05. The van der Waals surface area contributed by atoms with Gasteiger partial charge >= 0.3 is 0 Å². The first-order valence-electron chi connectivity index (χ1n) is 6.97. The summed E-state index contributed by atoms with van der Waals surface area (Å²) in [5.41, 5.74) is 6.50. The van der Waals surface area contributed by atoms with E-state index in [0.717, 1.165) is 19.4 Å². The maximum Gasteiger partial charge on any atom is 0.131 e. The lowest BCUT2D eigenvalue weighted by molar-refractivity contribution is 0.104. The Morgan fingerprint density at radius 1 is 1.47 bits per heavy atom. The Balaban J connectivity index is 2.29. The van der Waals surface area contributed by atoms with Crippen LogP contribution < -0.4 is 10.5 Å². The van der Waals surface area contributed by atoms with Gasteiger partial charge in [0.25, 0.3) is 0 Å². The van der Waals surface area contributed by atoms with Crippen LogP contribution in [0.1, 0.15) is 37.8 Å². The minimum Gasteiger partial charge on any atom is -0.496 e. The Bertz CT molecular complexity index is 425. The lowest BCUT2D eigenvalue weighted by Crippen LogP contribution is -2.45. The molecule has 1 saturated heterocycles. The van der Waals surface area contributed by atoms with Gasteiger partial charge in [-0.2, -0.15) is 0 Å². The van der Waals surface area contributed by atoms with Crippen LogP contribution in [0, 0.1) is 5.82 Å². The van der Waals surface area contributed by atoms with E-state index < -0.39 is 0 Å². The van der Waals surface area contributed by atoms with E-state index in [1.807, 2.05) is 13.0 Å². The second-order valence-electron chi connectivity index (χ2n) is 5.15. The van der Waals surface area contributed by atoms with Gasteiger partial charge in [0.2, 0.25) is 0 Å². The third-order valence-corrected chi connectivity index (χ3v) is 4.09. The predicted molar refractivity (Wildman–Crippen MR) is 74.8 cm³/mol. The Hall–Kier alpha value is -1.13. The van der Waals surface area contributed by atoms with Crippen LogP contribution in [0.15, 0.2) is 18.2 Å². The first kappa shape index (κ1) is 14.3. The standard InChI is InChI=1S/C15H23FN2O/c1-11(18-9-4-3-6-12(18)10-17)15-13(16)7-5-8-14(15)19-2/h5,7-8,11-12H,3-4,6,9-10,17H2,1-2H3. The lowest BCUT2D eigenvalue weighted by atomic mass is 9.96. The summed E-state index contributed by atoms with van der Waals surface area (Å²) in [7, 11) is 1.58. The summed E-state index contributed by atoms with van der Waals surface area (Å²) in [4.78, 5) is 2.31. The van der Waals surface area contributed by atoms with Gasteiger partial charge in [0.15, 0.2) is 0 Å². The van der Waals surface area contributed by atoms with Crippen LogP contribution in [-0.4, -0.2) is 31.1 Å². The van der Waals surface area contributed by atoms with Gasteiger partial charge in [-0.3, -0.25) is 4.90 Å². The molecule has 1 aromatic rings. The van der Waals surface area contributed by atoms with E-state index >= 15 is 0 Å². The minimum atomic E-state index is -0.201. The number of likely N-dealkylation sites (tertiary alicyclic amines) is 1. The van der Waals surface area contributed by atoms with E-state index in [1.54, 1.807) is 13.2 Å². The summed E-state index contributed by atoms with van der Waals surface area (Å²) in [5, 5.41) is 0. The summed E-state index contributed by atoms with van der Waals surface area (Å²) in [6, 6.07) is 5.32. The molecule has 3 nitrogen and oxygen atoms in total. The molecule has 2 N–H and O–H groups in total. The highest BCUT2D eigenvalue weighted by atomic mass is 19.1.